The highest BCUT2D eigenvalue weighted by atomic mass is 35.5. The van der Waals surface area contributed by atoms with Crippen LogP contribution in [0.4, 0.5) is 0 Å². The van der Waals surface area contributed by atoms with Crippen LogP contribution in [0.3, 0.4) is 0 Å². The van der Waals surface area contributed by atoms with Gasteiger partial charge in [-0.1, -0.05) is 41.9 Å². The molecule has 2 aromatic carbocycles. The Labute approximate surface area is 110 Å². The first-order valence-electron chi connectivity index (χ1n) is 5.61. The average molecular weight is 256 g/mol. The van der Waals surface area contributed by atoms with E-state index in [1.165, 1.54) is 0 Å². The van der Waals surface area contributed by atoms with Crippen LogP contribution in [0.25, 0.3) is 10.9 Å². The molecule has 0 unspecified atom stereocenters. The molecule has 0 saturated heterocycles. The Morgan fingerprint density at radius 2 is 1.72 bits per heavy atom. The predicted molar refractivity (Wildman–Crippen MR) is 73.3 cm³/mol. The van der Waals surface area contributed by atoms with Crippen LogP contribution < -0.4 is 4.74 Å². The van der Waals surface area contributed by atoms with Gasteiger partial charge in [-0.05, 0) is 24.3 Å². The summed E-state index contributed by atoms with van der Waals surface area (Å²) in [6.07, 6.45) is 1.68. The zero-order valence-corrected chi connectivity index (χ0v) is 10.3. The number of fused-ring (bicyclic) bond motifs is 1. The molecule has 0 aliphatic carbocycles. The molecule has 0 saturated carbocycles. The summed E-state index contributed by atoms with van der Waals surface area (Å²) >= 11 is 6.14. The van der Waals surface area contributed by atoms with E-state index in [4.69, 9.17) is 16.3 Å². The molecule has 0 amide bonds. The highest BCUT2D eigenvalue weighted by molar-refractivity contribution is 6.35. The van der Waals surface area contributed by atoms with Crippen molar-refractivity contribution >= 4 is 22.5 Å². The van der Waals surface area contributed by atoms with Crippen molar-refractivity contribution < 1.29 is 4.74 Å². The Bertz CT molecular complexity index is 682. The molecule has 0 aliphatic heterocycles. The van der Waals surface area contributed by atoms with Crippen molar-refractivity contribution in [2.24, 2.45) is 0 Å². The van der Waals surface area contributed by atoms with Crippen LogP contribution in [-0.4, -0.2) is 4.98 Å². The van der Waals surface area contributed by atoms with Crippen LogP contribution in [0.5, 0.6) is 11.5 Å². The number of ether oxygens (including phenoxy) is 1. The molecule has 3 heteroatoms. The molecule has 18 heavy (non-hydrogen) atoms. The zero-order valence-electron chi connectivity index (χ0n) is 9.51. The van der Waals surface area contributed by atoms with Gasteiger partial charge in [-0.2, -0.15) is 0 Å². The van der Waals surface area contributed by atoms with Crippen molar-refractivity contribution in [3.05, 3.63) is 65.8 Å². The maximum atomic E-state index is 6.14. The average Bonchev–Trinajstić information content (AvgIpc) is 2.41. The summed E-state index contributed by atoms with van der Waals surface area (Å²) < 4.78 is 5.83. The molecule has 1 aromatic heterocycles. The normalized spacial score (nSPS) is 10.5. The maximum Gasteiger partial charge on any atom is 0.153 e. The van der Waals surface area contributed by atoms with Gasteiger partial charge in [0.05, 0.1) is 5.02 Å². The number of rotatable bonds is 2. The SMILES string of the molecule is Clc1ccnc2c(Oc3ccccc3)cccc12. The third kappa shape index (κ3) is 2.03. The number of benzene rings is 2. The Hall–Kier alpha value is -2.06. The van der Waals surface area contributed by atoms with Crippen molar-refractivity contribution in [1.29, 1.82) is 0 Å². The molecular formula is C15H10ClNO. The van der Waals surface area contributed by atoms with E-state index in [1.54, 1.807) is 12.3 Å². The molecule has 0 spiro atoms. The molecule has 0 bridgehead atoms. The molecule has 3 rings (SSSR count). The highest BCUT2D eigenvalue weighted by Crippen LogP contribution is 2.31. The van der Waals surface area contributed by atoms with Gasteiger partial charge < -0.3 is 4.74 Å². The third-order valence-corrected chi connectivity index (χ3v) is 2.98. The molecule has 2 nitrogen and oxygen atoms in total. The number of nitrogens with zero attached hydrogens (tertiary/aromatic N) is 1. The monoisotopic (exact) mass is 255 g/mol. The van der Waals surface area contributed by atoms with Crippen molar-refractivity contribution in [3.8, 4) is 11.5 Å². The van der Waals surface area contributed by atoms with Crippen molar-refractivity contribution in [2.45, 2.75) is 0 Å². The van der Waals surface area contributed by atoms with Gasteiger partial charge in [-0.25, -0.2) is 0 Å². The topological polar surface area (TPSA) is 22.1 Å². The molecule has 0 aliphatic rings. The second-order valence-electron chi connectivity index (χ2n) is 3.86. The first-order chi connectivity index (χ1) is 8.84. The Morgan fingerprint density at radius 3 is 2.56 bits per heavy atom. The minimum Gasteiger partial charge on any atom is -0.455 e. The molecule has 0 atom stereocenters. The van der Waals surface area contributed by atoms with E-state index in [1.807, 2.05) is 48.5 Å². The van der Waals surface area contributed by atoms with Gasteiger partial charge in [0.2, 0.25) is 0 Å². The minimum absolute atomic E-state index is 0.679. The largest absolute Gasteiger partial charge is 0.455 e. The van der Waals surface area contributed by atoms with E-state index >= 15 is 0 Å². The van der Waals surface area contributed by atoms with Crippen molar-refractivity contribution in [1.82, 2.24) is 4.98 Å². The fraction of sp³-hybridized carbons (Fsp3) is 0. The van der Waals surface area contributed by atoms with Gasteiger partial charge in [0.1, 0.15) is 11.3 Å². The number of aromatic nitrogens is 1. The van der Waals surface area contributed by atoms with Crippen LogP contribution >= 0.6 is 11.6 Å². The Morgan fingerprint density at radius 1 is 0.889 bits per heavy atom. The molecule has 0 radical (unpaired) electrons. The quantitative estimate of drug-likeness (QED) is 0.663. The van der Waals surface area contributed by atoms with E-state index in [0.29, 0.717) is 10.8 Å². The summed E-state index contributed by atoms with van der Waals surface area (Å²) in [5.41, 5.74) is 0.772. The lowest BCUT2D eigenvalue weighted by Crippen LogP contribution is -1.87. The number of halogens is 1. The van der Waals surface area contributed by atoms with Crippen molar-refractivity contribution in [3.63, 3.8) is 0 Å². The molecule has 1 heterocycles. The summed E-state index contributed by atoms with van der Waals surface area (Å²) in [5.74, 6) is 1.49. The summed E-state index contributed by atoms with van der Waals surface area (Å²) in [4.78, 5) is 4.33. The van der Waals surface area contributed by atoms with Gasteiger partial charge in [-0.3, -0.25) is 4.98 Å². The summed E-state index contributed by atoms with van der Waals surface area (Å²) in [5, 5.41) is 1.58. The number of para-hydroxylation sites is 2. The zero-order chi connectivity index (χ0) is 12.4. The lowest BCUT2D eigenvalue weighted by molar-refractivity contribution is 0.487. The fourth-order valence-corrected chi connectivity index (χ4v) is 2.02. The van der Waals surface area contributed by atoms with Crippen LogP contribution in [0.1, 0.15) is 0 Å². The third-order valence-electron chi connectivity index (χ3n) is 2.65. The summed E-state index contributed by atoms with van der Waals surface area (Å²) in [6.45, 7) is 0. The van der Waals surface area contributed by atoms with Gasteiger partial charge >= 0.3 is 0 Å². The maximum absolute atomic E-state index is 6.14. The molecule has 0 N–H and O–H groups in total. The van der Waals surface area contributed by atoms with Crippen LogP contribution in [0.15, 0.2) is 60.8 Å². The van der Waals surface area contributed by atoms with Crippen LogP contribution in [-0.2, 0) is 0 Å². The molecule has 3 aromatic rings. The van der Waals surface area contributed by atoms with Crippen LogP contribution in [0.2, 0.25) is 5.02 Å². The summed E-state index contributed by atoms with van der Waals surface area (Å²) in [6, 6.07) is 17.1. The number of pyridine rings is 1. The standard InChI is InChI=1S/C15H10ClNO/c16-13-9-10-17-15-12(13)7-4-8-14(15)18-11-5-2-1-3-6-11/h1-10H. The second-order valence-corrected chi connectivity index (χ2v) is 4.27. The molecule has 88 valence electrons. The highest BCUT2D eigenvalue weighted by Gasteiger charge is 2.06. The minimum atomic E-state index is 0.679. The molecular weight excluding hydrogens is 246 g/mol. The smallest absolute Gasteiger partial charge is 0.153 e. The van der Waals surface area contributed by atoms with E-state index in [2.05, 4.69) is 4.98 Å². The van der Waals surface area contributed by atoms with Gasteiger partial charge in [0, 0.05) is 11.6 Å². The van der Waals surface area contributed by atoms with E-state index in [0.717, 1.165) is 16.7 Å². The predicted octanol–water partition coefficient (Wildman–Crippen LogP) is 4.68. The summed E-state index contributed by atoms with van der Waals surface area (Å²) in [7, 11) is 0. The number of hydrogen-bond acceptors (Lipinski definition) is 2. The Balaban J connectivity index is 2.10. The van der Waals surface area contributed by atoms with Gasteiger partial charge in [-0.15, -0.1) is 0 Å². The van der Waals surface area contributed by atoms with Crippen molar-refractivity contribution in [2.75, 3.05) is 0 Å². The second kappa shape index (κ2) is 4.67. The van der Waals surface area contributed by atoms with Gasteiger partial charge in [0.15, 0.2) is 5.75 Å². The first kappa shape index (κ1) is 11.1. The van der Waals surface area contributed by atoms with Gasteiger partial charge in [0.25, 0.3) is 0 Å². The van der Waals surface area contributed by atoms with E-state index in [9.17, 15) is 0 Å². The first-order valence-corrected chi connectivity index (χ1v) is 5.98. The lowest BCUT2D eigenvalue weighted by Gasteiger charge is -2.08. The Kier molecular flexibility index (Phi) is 2.87. The van der Waals surface area contributed by atoms with E-state index < -0.39 is 0 Å². The lowest BCUT2D eigenvalue weighted by atomic mass is 10.2. The van der Waals surface area contributed by atoms with E-state index in [-0.39, 0.29) is 0 Å². The van der Waals surface area contributed by atoms with Crippen LogP contribution in [0, 0.1) is 0 Å². The molecule has 0 fully saturated rings. The number of hydrogen-bond donors (Lipinski definition) is 0. The fourth-order valence-electron chi connectivity index (χ4n) is 1.81.